The predicted octanol–water partition coefficient (Wildman–Crippen LogP) is 3.68. The number of benzene rings is 2. The van der Waals surface area contributed by atoms with Crippen molar-refractivity contribution in [3.8, 4) is 11.5 Å². The second-order valence-electron chi connectivity index (χ2n) is 6.07. The molecule has 0 aromatic heterocycles. The first kappa shape index (κ1) is 17.9. The minimum Gasteiger partial charge on any atom is -0.491 e. The van der Waals surface area contributed by atoms with Gasteiger partial charge in [-0.25, -0.2) is 4.79 Å². The Morgan fingerprint density at radius 1 is 1.23 bits per heavy atom. The Labute approximate surface area is 150 Å². The fourth-order valence-corrected chi connectivity index (χ4v) is 2.71. The molecule has 1 heterocycles. The standard InChI is InChI=1S/C19H19NO6/c1-13-11-16(8-9-18(13)20(22)23)26-19(21)14-4-6-15(7-5-14)25-12-17-3-2-10-24-17/h4-9,11,17H,2-3,10,12H2,1H3. The Kier molecular flexibility index (Phi) is 5.48. The predicted molar refractivity (Wildman–Crippen MR) is 93.7 cm³/mol. The van der Waals surface area contributed by atoms with Crippen LogP contribution in [0.3, 0.4) is 0 Å². The third-order valence-electron chi connectivity index (χ3n) is 4.13. The fourth-order valence-electron chi connectivity index (χ4n) is 2.71. The van der Waals surface area contributed by atoms with Crippen LogP contribution in [0.2, 0.25) is 0 Å². The number of aryl methyl sites for hydroxylation is 1. The Morgan fingerprint density at radius 2 is 1.96 bits per heavy atom. The number of esters is 1. The van der Waals surface area contributed by atoms with Gasteiger partial charge in [-0.05, 0) is 56.2 Å². The minimum atomic E-state index is -0.538. The van der Waals surface area contributed by atoms with Crippen molar-refractivity contribution in [2.75, 3.05) is 13.2 Å². The lowest BCUT2D eigenvalue weighted by Gasteiger charge is -2.11. The molecule has 2 aromatic rings. The van der Waals surface area contributed by atoms with Gasteiger partial charge in [0.05, 0.1) is 16.6 Å². The Balaban J connectivity index is 1.59. The van der Waals surface area contributed by atoms with Crippen LogP contribution in [-0.2, 0) is 4.74 Å². The van der Waals surface area contributed by atoms with Gasteiger partial charge in [0.2, 0.25) is 0 Å². The van der Waals surface area contributed by atoms with E-state index in [1.807, 2.05) is 0 Å². The normalized spacial score (nSPS) is 16.3. The van der Waals surface area contributed by atoms with E-state index in [-0.39, 0.29) is 17.5 Å². The summed E-state index contributed by atoms with van der Waals surface area (Å²) < 4.78 is 16.4. The Morgan fingerprint density at radius 3 is 2.58 bits per heavy atom. The third kappa shape index (κ3) is 4.37. The molecule has 7 nitrogen and oxygen atoms in total. The van der Waals surface area contributed by atoms with Gasteiger partial charge in [-0.1, -0.05) is 0 Å². The van der Waals surface area contributed by atoms with E-state index in [9.17, 15) is 14.9 Å². The fraction of sp³-hybridized carbons (Fsp3) is 0.316. The molecular weight excluding hydrogens is 338 g/mol. The van der Waals surface area contributed by atoms with Crippen LogP contribution in [-0.4, -0.2) is 30.2 Å². The van der Waals surface area contributed by atoms with E-state index >= 15 is 0 Å². The lowest BCUT2D eigenvalue weighted by Crippen LogP contribution is -2.16. The van der Waals surface area contributed by atoms with Gasteiger partial charge in [0.15, 0.2) is 0 Å². The van der Waals surface area contributed by atoms with Crippen LogP contribution in [0.1, 0.15) is 28.8 Å². The van der Waals surface area contributed by atoms with Crippen LogP contribution < -0.4 is 9.47 Å². The van der Waals surface area contributed by atoms with E-state index in [4.69, 9.17) is 14.2 Å². The molecule has 0 spiro atoms. The molecule has 0 aliphatic carbocycles. The molecule has 26 heavy (non-hydrogen) atoms. The van der Waals surface area contributed by atoms with Gasteiger partial charge in [-0.15, -0.1) is 0 Å². The number of carbonyl (C=O) groups is 1. The number of nitro benzene ring substituents is 1. The highest BCUT2D eigenvalue weighted by atomic mass is 16.6. The zero-order chi connectivity index (χ0) is 18.5. The van der Waals surface area contributed by atoms with Crippen LogP contribution in [0.15, 0.2) is 42.5 Å². The summed E-state index contributed by atoms with van der Waals surface area (Å²) >= 11 is 0. The molecule has 1 atom stereocenters. The first-order valence-electron chi connectivity index (χ1n) is 8.34. The molecule has 2 aromatic carbocycles. The quantitative estimate of drug-likeness (QED) is 0.339. The van der Waals surface area contributed by atoms with Crippen molar-refractivity contribution < 1.29 is 23.9 Å². The molecule has 1 saturated heterocycles. The highest BCUT2D eigenvalue weighted by Crippen LogP contribution is 2.24. The summed E-state index contributed by atoms with van der Waals surface area (Å²) in [7, 11) is 0. The molecule has 1 fully saturated rings. The van der Waals surface area contributed by atoms with Crippen molar-refractivity contribution in [1.82, 2.24) is 0 Å². The van der Waals surface area contributed by atoms with E-state index < -0.39 is 10.9 Å². The molecule has 0 radical (unpaired) electrons. The molecule has 0 bridgehead atoms. The Bertz CT molecular complexity index is 796. The average Bonchev–Trinajstić information content (AvgIpc) is 3.13. The maximum atomic E-state index is 12.2. The number of nitrogens with zero attached hydrogens (tertiary/aromatic N) is 1. The number of hydrogen-bond donors (Lipinski definition) is 0. The van der Waals surface area contributed by atoms with E-state index in [0.29, 0.717) is 23.5 Å². The van der Waals surface area contributed by atoms with E-state index in [1.54, 1.807) is 31.2 Å². The lowest BCUT2D eigenvalue weighted by molar-refractivity contribution is -0.385. The highest BCUT2D eigenvalue weighted by Gasteiger charge is 2.17. The van der Waals surface area contributed by atoms with Gasteiger partial charge in [0.25, 0.3) is 5.69 Å². The molecule has 0 amide bonds. The lowest BCUT2D eigenvalue weighted by atomic mass is 10.2. The summed E-state index contributed by atoms with van der Waals surface area (Å²) in [6.07, 6.45) is 2.19. The van der Waals surface area contributed by atoms with Gasteiger partial charge in [0, 0.05) is 18.2 Å². The molecular formula is C19H19NO6. The zero-order valence-corrected chi connectivity index (χ0v) is 14.3. The van der Waals surface area contributed by atoms with Crippen molar-refractivity contribution in [2.24, 2.45) is 0 Å². The monoisotopic (exact) mass is 357 g/mol. The van der Waals surface area contributed by atoms with Gasteiger partial charge >= 0.3 is 5.97 Å². The topological polar surface area (TPSA) is 87.9 Å². The number of carbonyl (C=O) groups excluding carboxylic acids is 1. The van der Waals surface area contributed by atoms with Crippen molar-refractivity contribution >= 4 is 11.7 Å². The van der Waals surface area contributed by atoms with E-state index in [0.717, 1.165) is 19.4 Å². The molecule has 3 rings (SSSR count). The molecule has 1 unspecified atom stereocenters. The SMILES string of the molecule is Cc1cc(OC(=O)c2ccc(OCC3CCCO3)cc2)ccc1[N+](=O)[O-]. The summed E-state index contributed by atoms with van der Waals surface area (Å²) in [5, 5.41) is 10.8. The highest BCUT2D eigenvalue weighted by molar-refractivity contribution is 5.91. The maximum Gasteiger partial charge on any atom is 0.343 e. The van der Waals surface area contributed by atoms with Crippen LogP contribution in [0, 0.1) is 17.0 Å². The number of nitro groups is 1. The molecule has 1 aliphatic heterocycles. The summed E-state index contributed by atoms with van der Waals surface area (Å²) in [4.78, 5) is 22.6. The van der Waals surface area contributed by atoms with Crippen LogP contribution >= 0.6 is 0 Å². The maximum absolute atomic E-state index is 12.2. The van der Waals surface area contributed by atoms with E-state index in [1.165, 1.54) is 18.2 Å². The average molecular weight is 357 g/mol. The molecule has 0 N–H and O–H groups in total. The number of hydrogen-bond acceptors (Lipinski definition) is 6. The second-order valence-corrected chi connectivity index (χ2v) is 6.07. The van der Waals surface area contributed by atoms with Gasteiger partial charge in [-0.2, -0.15) is 0 Å². The third-order valence-corrected chi connectivity index (χ3v) is 4.13. The largest absolute Gasteiger partial charge is 0.491 e. The summed E-state index contributed by atoms with van der Waals surface area (Å²) in [5.74, 6) is 0.379. The second kappa shape index (κ2) is 7.97. The van der Waals surface area contributed by atoms with Crippen molar-refractivity contribution in [1.29, 1.82) is 0 Å². The van der Waals surface area contributed by atoms with Gasteiger partial charge in [0.1, 0.15) is 18.1 Å². The summed E-state index contributed by atoms with van der Waals surface area (Å²) in [5.41, 5.74) is 0.779. The first-order valence-corrected chi connectivity index (χ1v) is 8.34. The van der Waals surface area contributed by atoms with Crippen molar-refractivity contribution in [2.45, 2.75) is 25.9 Å². The van der Waals surface area contributed by atoms with Crippen LogP contribution in [0.25, 0.3) is 0 Å². The zero-order valence-electron chi connectivity index (χ0n) is 14.3. The number of ether oxygens (including phenoxy) is 3. The smallest absolute Gasteiger partial charge is 0.343 e. The molecule has 7 heteroatoms. The summed E-state index contributed by atoms with van der Waals surface area (Å²) in [6.45, 7) is 2.86. The summed E-state index contributed by atoms with van der Waals surface area (Å²) in [6, 6.07) is 10.8. The van der Waals surface area contributed by atoms with Crippen LogP contribution in [0.5, 0.6) is 11.5 Å². The van der Waals surface area contributed by atoms with Crippen molar-refractivity contribution in [3.63, 3.8) is 0 Å². The van der Waals surface area contributed by atoms with Gasteiger partial charge in [-0.3, -0.25) is 10.1 Å². The number of rotatable bonds is 6. The molecule has 136 valence electrons. The van der Waals surface area contributed by atoms with E-state index in [2.05, 4.69) is 0 Å². The van der Waals surface area contributed by atoms with Crippen LogP contribution in [0.4, 0.5) is 5.69 Å². The Hall–Kier alpha value is -2.93. The molecule has 0 saturated carbocycles. The van der Waals surface area contributed by atoms with Gasteiger partial charge < -0.3 is 14.2 Å². The first-order chi connectivity index (χ1) is 12.5. The molecule has 1 aliphatic rings. The van der Waals surface area contributed by atoms with Crippen molar-refractivity contribution in [3.05, 3.63) is 63.7 Å². The minimum absolute atomic E-state index is 0.0162.